The van der Waals surface area contributed by atoms with E-state index in [1.165, 1.54) is 11.3 Å². The molecule has 0 fully saturated rings. The summed E-state index contributed by atoms with van der Waals surface area (Å²) in [6, 6.07) is 16.6. The smallest absolute Gasteiger partial charge is 0.199 e. The fourth-order valence-electron chi connectivity index (χ4n) is 1.90. The number of pyridine rings is 1. The van der Waals surface area contributed by atoms with Crippen LogP contribution in [0.15, 0.2) is 48.7 Å². The Morgan fingerprint density at radius 3 is 2.53 bits per heavy atom. The van der Waals surface area contributed by atoms with Gasteiger partial charge in [-0.15, -0.1) is 0 Å². The van der Waals surface area contributed by atoms with Gasteiger partial charge in [-0.3, -0.25) is 0 Å². The lowest BCUT2D eigenvalue weighted by molar-refractivity contribution is -0.682. The fraction of sp³-hybridized carbons (Fsp3) is 0.200. The van der Waals surface area contributed by atoms with Crippen LogP contribution in [-0.4, -0.2) is 0 Å². The van der Waals surface area contributed by atoms with E-state index in [0.29, 0.717) is 6.42 Å². The minimum atomic E-state index is 0.475. The Morgan fingerprint density at radius 1 is 1.12 bits per heavy atom. The topological polar surface area (TPSA) is 27.7 Å². The Hall–Kier alpha value is -2.14. The molecular weight excluding hydrogens is 208 g/mol. The zero-order chi connectivity index (χ0) is 12.1. The van der Waals surface area contributed by atoms with Crippen molar-refractivity contribution < 1.29 is 4.57 Å². The lowest BCUT2D eigenvalue weighted by atomic mass is 10.1. The third-order valence-electron chi connectivity index (χ3n) is 2.81. The van der Waals surface area contributed by atoms with Gasteiger partial charge in [-0.1, -0.05) is 12.1 Å². The van der Waals surface area contributed by atoms with Crippen LogP contribution in [-0.2, 0) is 13.0 Å². The normalized spacial score (nSPS) is 9.88. The molecule has 0 saturated heterocycles. The third kappa shape index (κ3) is 2.51. The second-order valence-electron chi connectivity index (χ2n) is 3.90. The fourth-order valence-corrected chi connectivity index (χ4v) is 1.90. The number of hydrogen-bond donors (Lipinski definition) is 0. The SMILES string of the molecule is CC[n+]1ccccc1-c1ccc(CC#N)cc1. The number of aromatic nitrogens is 1. The van der Waals surface area contributed by atoms with Crippen molar-refractivity contribution in [3.8, 4) is 17.3 Å². The van der Waals surface area contributed by atoms with Crippen molar-refractivity contribution in [3.05, 3.63) is 54.2 Å². The highest BCUT2D eigenvalue weighted by atomic mass is 14.9. The van der Waals surface area contributed by atoms with Crippen LogP contribution in [0.5, 0.6) is 0 Å². The molecule has 1 aromatic heterocycles. The zero-order valence-corrected chi connectivity index (χ0v) is 9.93. The number of benzene rings is 1. The molecule has 0 amide bonds. The third-order valence-corrected chi connectivity index (χ3v) is 2.81. The Kier molecular flexibility index (Phi) is 3.52. The molecule has 2 nitrogen and oxygen atoms in total. The monoisotopic (exact) mass is 223 g/mol. The average molecular weight is 223 g/mol. The maximum Gasteiger partial charge on any atom is 0.212 e. The molecule has 0 aliphatic rings. The average Bonchev–Trinajstić information content (AvgIpc) is 2.40. The summed E-state index contributed by atoms with van der Waals surface area (Å²) in [4.78, 5) is 0. The van der Waals surface area contributed by atoms with Crippen LogP contribution in [0.1, 0.15) is 12.5 Å². The van der Waals surface area contributed by atoms with E-state index >= 15 is 0 Å². The largest absolute Gasteiger partial charge is 0.212 e. The van der Waals surface area contributed by atoms with E-state index in [2.05, 4.69) is 42.0 Å². The molecule has 0 aliphatic heterocycles. The van der Waals surface area contributed by atoms with Crippen LogP contribution in [0.3, 0.4) is 0 Å². The van der Waals surface area contributed by atoms with E-state index in [4.69, 9.17) is 5.26 Å². The number of rotatable bonds is 3. The molecule has 0 saturated carbocycles. The van der Waals surface area contributed by atoms with Crippen LogP contribution in [0.4, 0.5) is 0 Å². The van der Waals surface area contributed by atoms with Gasteiger partial charge in [0.15, 0.2) is 6.20 Å². The first-order valence-corrected chi connectivity index (χ1v) is 5.80. The molecule has 84 valence electrons. The predicted octanol–water partition coefficient (Wildman–Crippen LogP) is 2.73. The molecule has 1 aromatic carbocycles. The van der Waals surface area contributed by atoms with Crippen molar-refractivity contribution >= 4 is 0 Å². The van der Waals surface area contributed by atoms with Crippen molar-refractivity contribution in [3.63, 3.8) is 0 Å². The Labute approximate surface area is 102 Å². The van der Waals surface area contributed by atoms with Crippen molar-refractivity contribution in [1.82, 2.24) is 0 Å². The van der Waals surface area contributed by atoms with Crippen molar-refractivity contribution in [2.45, 2.75) is 19.9 Å². The van der Waals surface area contributed by atoms with Crippen LogP contribution in [0.2, 0.25) is 0 Å². The van der Waals surface area contributed by atoms with Crippen LogP contribution < -0.4 is 4.57 Å². The molecule has 0 unspecified atom stereocenters. The molecule has 0 N–H and O–H groups in total. The number of nitrogens with zero attached hydrogens (tertiary/aromatic N) is 2. The summed E-state index contributed by atoms with van der Waals surface area (Å²) in [6.45, 7) is 3.09. The van der Waals surface area contributed by atoms with Gasteiger partial charge in [-0.2, -0.15) is 9.83 Å². The van der Waals surface area contributed by atoms with Crippen LogP contribution in [0.25, 0.3) is 11.3 Å². The van der Waals surface area contributed by atoms with Gasteiger partial charge in [0, 0.05) is 17.7 Å². The molecule has 0 spiro atoms. The van der Waals surface area contributed by atoms with Gasteiger partial charge in [-0.25, -0.2) is 0 Å². The summed E-state index contributed by atoms with van der Waals surface area (Å²) in [5.41, 5.74) is 3.46. The first-order chi connectivity index (χ1) is 8.35. The highest BCUT2D eigenvalue weighted by Crippen LogP contribution is 2.16. The molecule has 0 aliphatic carbocycles. The van der Waals surface area contributed by atoms with Gasteiger partial charge in [0.25, 0.3) is 0 Å². The maximum atomic E-state index is 8.63. The number of hydrogen-bond acceptors (Lipinski definition) is 1. The van der Waals surface area contributed by atoms with E-state index < -0.39 is 0 Å². The lowest BCUT2D eigenvalue weighted by Crippen LogP contribution is -2.34. The first kappa shape index (κ1) is 11.3. The van der Waals surface area contributed by atoms with E-state index in [9.17, 15) is 0 Å². The predicted molar refractivity (Wildman–Crippen MR) is 67.1 cm³/mol. The van der Waals surface area contributed by atoms with Crippen molar-refractivity contribution in [1.29, 1.82) is 5.26 Å². The minimum Gasteiger partial charge on any atom is -0.199 e. The van der Waals surface area contributed by atoms with E-state index in [0.717, 1.165) is 12.1 Å². The standard InChI is InChI=1S/C15H15N2/c1-2-17-12-4-3-5-15(17)14-8-6-13(7-9-14)10-11-16/h3-9,12H,2,10H2,1H3/q+1. The van der Waals surface area contributed by atoms with Gasteiger partial charge in [0.2, 0.25) is 5.69 Å². The lowest BCUT2D eigenvalue weighted by Gasteiger charge is -2.02. The second-order valence-corrected chi connectivity index (χ2v) is 3.90. The molecule has 2 aromatic rings. The summed E-state index contributed by atoms with van der Waals surface area (Å²) in [6.07, 6.45) is 2.56. The van der Waals surface area contributed by atoms with Gasteiger partial charge in [-0.05, 0) is 30.7 Å². The van der Waals surface area contributed by atoms with E-state index in [1.54, 1.807) is 0 Å². The summed E-state index contributed by atoms with van der Waals surface area (Å²) < 4.78 is 2.21. The molecule has 2 heteroatoms. The van der Waals surface area contributed by atoms with Crippen molar-refractivity contribution in [2.24, 2.45) is 0 Å². The molecule has 2 rings (SSSR count). The molecule has 0 bridgehead atoms. The second kappa shape index (κ2) is 5.27. The number of aryl methyl sites for hydroxylation is 1. The van der Waals surface area contributed by atoms with Gasteiger partial charge >= 0.3 is 0 Å². The van der Waals surface area contributed by atoms with Gasteiger partial charge in [0.1, 0.15) is 6.54 Å². The van der Waals surface area contributed by atoms with Crippen LogP contribution in [0, 0.1) is 11.3 Å². The Morgan fingerprint density at radius 2 is 1.88 bits per heavy atom. The quantitative estimate of drug-likeness (QED) is 0.735. The van der Waals surface area contributed by atoms with Gasteiger partial charge < -0.3 is 0 Å². The number of nitriles is 1. The molecule has 0 atom stereocenters. The summed E-state index contributed by atoms with van der Waals surface area (Å²) in [5.74, 6) is 0. The molecule has 1 heterocycles. The summed E-state index contributed by atoms with van der Waals surface area (Å²) in [5, 5.41) is 8.63. The van der Waals surface area contributed by atoms with E-state index in [-0.39, 0.29) is 0 Å². The Bertz CT molecular complexity index is 536. The molecule has 0 radical (unpaired) electrons. The minimum absolute atomic E-state index is 0.475. The Balaban J connectivity index is 2.37. The van der Waals surface area contributed by atoms with Gasteiger partial charge in [0.05, 0.1) is 12.5 Å². The maximum absolute atomic E-state index is 8.63. The highest BCUT2D eigenvalue weighted by Gasteiger charge is 2.09. The van der Waals surface area contributed by atoms with Crippen LogP contribution >= 0.6 is 0 Å². The first-order valence-electron chi connectivity index (χ1n) is 5.80. The summed E-state index contributed by atoms with van der Waals surface area (Å²) in [7, 11) is 0. The van der Waals surface area contributed by atoms with E-state index in [1.807, 2.05) is 24.3 Å². The molecular formula is C15H15N2+. The highest BCUT2D eigenvalue weighted by molar-refractivity contribution is 5.56. The zero-order valence-electron chi connectivity index (χ0n) is 9.93. The molecule has 17 heavy (non-hydrogen) atoms. The van der Waals surface area contributed by atoms with Crippen molar-refractivity contribution in [2.75, 3.05) is 0 Å². The summed E-state index contributed by atoms with van der Waals surface area (Å²) >= 11 is 0.